The number of ether oxygens (including phenoxy) is 1. The highest BCUT2D eigenvalue weighted by Crippen LogP contribution is 2.50. The number of halogens is 1. The Kier molecular flexibility index (Phi) is 8.43. The predicted octanol–water partition coefficient (Wildman–Crippen LogP) is 8.46. The van der Waals surface area contributed by atoms with Crippen molar-refractivity contribution in [2.75, 3.05) is 22.9 Å². The number of nitrogens with zero attached hydrogens (tertiary/aromatic N) is 2. The van der Waals surface area contributed by atoms with Crippen LogP contribution in [0.5, 0.6) is 5.75 Å². The van der Waals surface area contributed by atoms with Crippen LogP contribution in [0.1, 0.15) is 58.1 Å². The van der Waals surface area contributed by atoms with E-state index in [1.54, 1.807) is 18.2 Å². The number of anilines is 2. The van der Waals surface area contributed by atoms with E-state index in [9.17, 15) is 14.4 Å². The summed E-state index contributed by atoms with van der Waals surface area (Å²) in [6.07, 6.45) is 3.26. The molecule has 0 unspecified atom stereocenters. The fraction of sp³-hybridized carbons (Fsp3) is 0.167. The zero-order valence-electron chi connectivity index (χ0n) is 27.2. The van der Waals surface area contributed by atoms with E-state index in [0.717, 1.165) is 47.5 Å². The van der Waals surface area contributed by atoms with Crippen molar-refractivity contribution in [2.45, 2.75) is 31.3 Å². The van der Waals surface area contributed by atoms with Gasteiger partial charge in [0.25, 0.3) is 11.8 Å². The summed E-state index contributed by atoms with van der Waals surface area (Å²) < 4.78 is 6.11. The molecular weight excluding hydrogens is 646 g/mol. The minimum atomic E-state index is -0.785. The quantitative estimate of drug-likeness (QED) is 0.138. The number of carbonyl (C=O) groups is 3. The molecule has 0 spiro atoms. The Bertz CT molecular complexity index is 2060. The summed E-state index contributed by atoms with van der Waals surface area (Å²) in [5.74, 6) is -0.891. The highest BCUT2D eigenvalue weighted by atomic mass is 35.5. The highest BCUT2D eigenvalue weighted by Gasteiger charge is 2.40. The van der Waals surface area contributed by atoms with Crippen LogP contribution < -0.4 is 19.9 Å². The van der Waals surface area contributed by atoms with E-state index >= 15 is 0 Å². The van der Waals surface area contributed by atoms with Crippen molar-refractivity contribution in [3.63, 3.8) is 0 Å². The highest BCUT2D eigenvalue weighted by molar-refractivity contribution is 6.39. The second-order valence-electron chi connectivity index (χ2n) is 12.9. The van der Waals surface area contributed by atoms with Gasteiger partial charge in [0, 0.05) is 41.2 Å². The van der Waals surface area contributed by atoms with Crippen LogP contribution in [0.25, 0.3) is 6.08 Å². The fourth-order valence-electron chi connectivity index (χ4n) is 7.51. The van der Waals surface area contributed by atoms with Crippen LogP contribution in [0.15, 0.2) is 127 Å². The van der Waals surface area contributed by atoms with Crippen molar-refractivity contribution >= 4 is 46.9 Å². The number of benzene rings is 5. The lowest BCUT2D eigenvalue weighted by atomic mass is 9.76. The molecule has 0 aromatic heterocycles. The molecule has 1 N–H and O–H groups in total. The van der Waals surface area contributed by atoms with Crippen molar-refractivity contribution in [1.82, 2.24) is 5.32 Å². The van der Waals surface area contributed by atoms with Gasteiger partial charge in [0.05, 0.1) is 5.69 Å². The van der Waals surface area contributed by atoms with Crippen LogP contribution >= 0.6 is 11.6 Å². The first-order chi connectivity index (χ1) is 24.4. The zero-order valence-corrected chi connectivity index (χ0v) is 28.0. The molecule has 0 bridgehead atoms. The number of barbiturate groups is 1. The van der Waals surface area contributed by atoms with Crippen LogP contribution in [0.4, 0.5) is 16.2 Å². The van der Waals surface area contributed by atoms with Crippen LogP contribution in [-0.4, -0.2) is 30.9 Å². The van der Waals surface area contributed by atoms with Crippen LogP contribution in [0.3, 0.4) is 0 Å². The van der Waals surface area contributed by atoms with Gasteiger partial charge in [-0.2, -0.15) is 0 Å². The van der Waals surface area contributed by atoms with Crippen molar-refractivity contribution in [3.8, 4) is 5.75 Å². The molecule has 0 aliphatic carbocycles. The molecule has 8 rings (SSSR count). The molecule has 0 radical (unpaired) electrons. The van der Waals surface area contributed by atoms with Gasteiger partial charge in [-0.05, 0) is 77.1 Å². The number of imide groups is 2. The molecule has 0 saturated carbocycles. The summed E-state index contributed by atoms with van der Waals surface area (Å²) in [5.41, 5.74) is 7.33. The van der Waals surface area contributed by atoms with Gasteiger partial charge in [0.1, 0.15) is 17.9 Å². The van der Waals surface area contributed by atoms with Gasteiger partial charge in [0.15, 0.2) is 0 Å². The summed E-state index contributed by atoms with van der Waals surface area (Å²) in [4.78, 5) is 44.9. The lowest BCUT2D eigenvalue weighted by molar-refractivity contribution is -0.122. The van der Waals surface area contributed by atoms with E-state index in [1.807, 2.05) is 78.9 Å². The molecule has 1 saturated heterocycles. The zero-order chi connectivity index (χ0) is 34.2. The van der Waals surface area contributed by atoms with E-state index < -0.39 is 17.8 Å². The molecule has 1 fully saturated rings. The largest absolute Gasteiger partial charge is 0.488 e. The van der Waals surface area contributed by atoms with E-state index in [-0.39, 0.29) is 24.0 Å². The number of hydrogen-bond donors (Lipinski definition) is 1. The maximum Gasteiger partial charge on any atom is 0.335 e. The number of nitrogens with one attached hydrogen (secondary N) is 1. The number of carbonyl (C=O) groups excluding carboxylic acids is 3. The van der Waals surface area contributed by atoms with E-state index in [4.69, 9.17) is 16.3 Å². The third-order valence-corrected chi connectivity index (χ3v) is 10.1. The topological polar surface area (TPSA) is 79.0 Å². The van der Waals surface area contributed by atoms with Crippen LogP contribution in [0, 0.1) is 0 Å². The molecule has 50 heavy (non-hydrogen) atoms. The Morgan fingerprint density at radius 2 is 1.32 bits per heavy atom. The monoisotopic (exact) mass is 679 g/mol. The van der Waals surface area contributed by atoms with Crippen LogP contribution in [-0.2, 0) is 16.2 Å². The Balaban J connectivity index is 1.23. The lowest BCUT2D eigenvalue weighted by Gasteiger charge is -2.44. The van der Waals surface area contributed by atoms with Crippen molar-refractivity contribution in [3.05, 3.63) is 165 Å². The van der Waals surface area contributed by atoms with Gasteiger partial charge in [-0.15, -0.1) is 0 Å². The molecule has 7 nitrogen and oxygen atoms in total. The second-order valence-corrected chi connectivity index (χ2v) is 13.3. The molecule has 3 aliphatic heterocycles. The standard InChI is InChI=1S/C42H34ClN3O4/c43-31-16-17-38(50-26-27-10-4-1-5-11-27)30(22-31)23-37-40(47)44-42(49)46(41(37)48)32-24-35-33(28-12-6-2-7-13-28)18-20-45-21-19-34(36(25-32)39(35)45)29-14-8-3-9-15-29/h1-17,22-25,33-34H,18-21,26H2,(H,44,47,49)/b37-23+/t33-,34-/m1/s1. The Morgan fingerprint density at radius 1 is 0.740 bits per heavy atom. The average molecular weight is 680 g/mol. The van der Waals surface area contributed by atoms with Crippen molar-refractivity contribution in [2.24, 2.45) is 0 Å². The first-order valence-corrected chi connectivity index (χ1v) is 17.2. The second kappa shape index (κ2) is 13.3. The molecule has 8 heteroatoms. The van der Waals surface area contributed by atoms with Gasteiger partial charge in [0.2, 0.25) is 0 Å². The van der Waals surface area contributed by atoms with Crippen molar-refractivity contribution < 1.29 is 19.1 Å². The molecular formula is C42H34ClN3O4. The van der Waals surface area contributed by atoms with Crippen LogP contribution in [0.2, 0.25) is 5.02 Å². The maximum absolute atomic E-state index is 14.4. The fourth-order valence-corrected chi connectivity index (χ4v) is 7.70. The molecule has 5 aromatic carbocycles. The number of amides is 4. The minimum Gasteiger partial charge on any atom is -0.488 e. The van der Waals surface area contributed by atoms with Gasteiger partial charge in [-0.1, -0.05) is 103 Å². The molecule has 2 atom stereocenters. The van der Waals surface area contributed by atoms with E-state index in [2.05, 4.69) is 34.5 Å². The Morgan fingerprint density at radius 3 is 1.92 bits per heavy atom. The summed E-state index contributed by atoms with van der Waals surface area (Å²) in [6, 6.07) is 38.6. The molecule has 3 aliphatic rings. The Hall–Kier alpha value is -5.66. The first-order valence-electron chi connectivity index (χ1n) is 16.8. The first kappa shape index (κ1) is 31.6. The third-order valence-electron chi connectivity index (χ3n) is 9.87. The van der Waals surface area contributed by atoms with E-state index in [0.29, 0.717) is 22.0 Å². The number of urea groups is 1. The minimum absolute atomic E-state index is 0.0750. The number of rotatable bonds is 7. The summed E-state index contributed by atoms with van der Waals surface area (Å²) in [6.45, 7) is 2.11. The van der Waals surface area contributed by atoms with Gasteiger partial charge in [-0.3, -0.25) is 14.9 Å². The third kappa shape index (κ3) is 5.94. The molecule has 5 aromatic rings. The summed E-state index contributed by atoms with van der Waals surface area (Å²) >= 11 is 6.38. The average Bonchev–Trinajstić information content (AvgIpc) is 3.14. The summed E-state index contributed by atoms with van der Waals surface area (Å²) in [5, 5.41) is 2.84. The smallest absolute Gasteiger partial charge is 0.335 e. The number of hydrogen-bond acceptors (Lipinski definition) is 5. The normalized spacial score (nSPS) is 19.3. The molecule has 248 valence electrons. The summed E-state index contributed by atoms with van der Waals surface area (Å²) in [7, 11) is 0. The van der Waals surface area contributed by atoms with Gasteiger partial charge in [-0.25, -0.2) is 9.69 Å². The SMILES string of the molecule is O=C1NC(=O)N(c2cc3c4c(c2)[C@@H](c2ccccc2)CCN4CC[C@@H]3c2ccccc2)C(=O)/C1=C/c1cc(Cl)ccc1OCc1ccccc1. The van der Waals surface area contributed by atoms with Gasteiger partial charge >= 0.3 is 6.03 Å². The van der Waals surface area contributed by atoms with E-state index in [1.165, 1.54) is 22.9 Å². The van der Waals surface area contributed by atoms with Gasteiger partial charge < -0.3 is 9.64 Å². The molecule has 3 heterocycles. The lowest BCUT2D eigenvalue weighted by Crippen LogP contribution is -2.54. The van der Waals surface area contributed by atoms with Crippen molar-refractivity contribution in [1.29, 1.82) is 0 Å². The molecule has 4 amide bonds. The Labute approximate surface area is 295 Å². The predicted molar refractivity (Wildman–Crippen MR) is 196 cm³/mol. The maximum atomic E-state index is 14.4.